The molecule has 1 N–H and O–H groups in total. The highest BCUT2D eigenvalue weighted by Gasteiger charge is 2.40. The van der Waals surface area contributed by atoms with E-state index >= 15 is 0 Å². The van der Waals surface area contributed by atoms with Crippen molar-refractivity contribution >= 4 is 5.97 Å². The van der Waals surface area contributed by atoms with Gasteiger partial charge in [-0.2, -0.15) is 13.6 Å². The highest BCUT2D eigenvalue weighted by atomic mass is 19.3. The molecule has 0 saturated carbocycles. The monoisotopic (exact) mass is 234 g/mol. The standard InChI is InChI=1S/C8H12F2N4O2/c1-7(2,3)14-12-6(11-13-14)8(9,10)4-5(15)16/h4H2,1-3H3,(H,15,16). The van der Waals surface area contributed by atoms with Gasteiger partial charge in [0.25, 0.3) is 0 Å². The zero-order chi connectivity index (χ0) is 12.6. The maximum atomic E-state index is 13.2. The summed E-state index contributed by atoms with van der Waals surface area (Å²) in [5.41, 5.74) is -0.579. The van der Waals surface area contributed by atoms with Crippen molar-refractivity contribution in [2.75, 3.05) is 0 Å². The molecule has 1 aromatic heterocycles. The first-order chi connectivity index (χ1) is 7.13. The second kappa shape index (κ2) is 3.76. The molecule has 1 heterocycles. The summed E-state index contributed by atoms with van der Waals surface area (Å²) in [5.74, 6) is -6.09. The van der Waals surface area contributed by atoms with E-state index in [1.54, 1.807) is 20.8 Å². The number of aromatic nitrogens is 4. The predicted molar refractivity (Wildman–Crippen MR) is 49.0 cm³/mol. The maximum Gasteiger partial charge on any atom is 0.320 e. The molecule has 16 heavy (non-hydrogen) atoms. The van der Waals surface area contributed by atoms with Gasteiger partial charge < -0.3 is 5.11 Å². The van der Waals surface area contributed by atoms with Crippen molar-refractivity contribution in [1.82, 2.24) is 20.2 Å². The summed E-state index contributed by atoms with van der Waals surface area (Å²) in [5, 5.41) is 18.4. The minimum atomic E-state index is -3.60. The highest BCUT2D eigenvalue weighted by Crippen LogP contribution is 2.28. The van der Waals surface area contributed by atoms with Crippen LogP contribution >= 0.6 is 0 Å². The third-order valence-corrected chi connectivity index (χ3v) is 1.71. The Morgan fingerprint density at radius 2 is 2.00 bits per heavy atom. The molecule has 1 rings (SSSR count). The number of carboxylic acid groups (broad SMARTS) is 1. The summed E-state index contributed by atoms with van der Waals surface area (Å²) in [6.07, 6.45) is -1.34. The predicted octanol–water partition coefficient (Wildman–Crippen LogP) is 0.995. The lowest BCUT2D eigenvalue weighted by Crippen LogP contribution is -2.26. The number of carboxylic acids is 1. The van der Waals surface area contributed by atoms with E-state index in [2.05, 4.69) is 15.4 Å². The van der Waals surface area contributed by atoms with Gasteiger partial charge in [-0.15, -0.1) is 10.2 Å². The van der Waals surface area contributed by atoms with E-state index in [1.165, 1.54) is 0 Å². The summed E-state index contributed by atoms with van der Waals surface area (Å²) in [6, 6.07) is 0. The van der Waals surface area contributed by atoms with Crippen molar-refractivity contribution in [1.29, 1.82) is 0 Å². The normalized spacial score (nSPS) is 12.8. The Morgan fingerprint density at radius 1 is 1.44 bits per heavy atom. The van der Waals surface area contributed by atoms with Crippen molar-refractivity contribution < 1.29 is 18.7 Å². The van der Waals surface area contributed by atoms with Crippen molar-refractivity contribution in [2.24, 2.45) is 0 Å². The van der Waals surface area contributed by atoms with E-state index in [1.807, 2.05) is 0 Å². The van der Waals surface area contributed by atoms with Gasteiger partial charge in [-0.05, 0) is 26.0 Å². The van der Waals surface area contributed by atoms with Crippen LogP contribution in [0.15, 0.2) is 0 Å². The Balaban J connectivity index is 2.97. The van der Waals surface area contributed by atoms with Crippen LogP contribution in [0.2, 0.25) is 0 Å². The number of halogens is 2. The Bertz CT molecular complexity index is 397. The fraction of sp³-hybridized carbons (Fsp3) is 0.750. The second-order valence-corrected chi connectivity index (χ2v) is 4.35. The summed E-state index contributed by atoms with van der Waals surface area (Å²) < 4.78 is 26.5. The zero-order valence-corrected chi connectivity index (χ0v) is 9.11. The van der Waals surface area contributed by atoms with Gasteiger partial charge in [0.1, 0.15) is 6.42 Å². The molecule has 0 fully saturated rings. The molecule has 0 aliphatic carbocycles. The lowest BCUT2D eigenvalue weighted by Gasteiger charge is -2.15. The third kappa shape index (κ3) is 2.71. The van der Waals surface area contributed by atoms with Crippen molar-refractivity contribution in [3.8, 4) is 0 Å². The molecule has 0 aliphatic rings. The van der Waals surface area contributed by atoms with Gasteiger partial charge in [0.2, 0.25) is 5.82 Å². The highest BCUT2D eigenvalue weighted by molar-refractivity contribution is 5.67. The van der Waals surface area contributed by atoms with Crippen LogP contribution in [-0.4, -0.2) is 31.3 Å². The van der Waals surface area contributed by atoms with Gasteiger partial charge >= 0.3 is 11.9 Å². The van der Waals surface area contributed by atoms with E-state index < -0.39 is 29.7 Å². The van der Waals surface area contributed by atoms with E-state index in [0.29, 0.717) is 0 Å². The largest absolute Gasteiger partial charge is 0.481 e. The average Bonchev–Trinajstić information content (AvgIpc) is 2.47. The van der Waals surface area contributed by atoms with Gasteiger partial charge in [-0.25, -0.2) is 0 Å². The van der Waals surface area contributed by atoms with Crippen LogP contribution < -0.4 is 0 Å². The Morgan fingerprint density at radius 3 is 2.38 bits per heavy atom. The number of tetrazole rings is 1. The lowest BCUT2D eigenvalue weighted by atomic mass is 10.1. The van der Waals surface area contributed by atoms with Crippen molar-refractivity contribution in [2.45, 2.75) is 38.7 Å². The molecule has 8 heteroatoms. The van der Waals surface area contributed by atoms with Crippen LogP contribution in [0.4, 0.5) is 8.78 Å². The molecular weight excluding hydrogens is 222 g/mol. The van der Waals surface area contributed by atoms with Crippen LogP contribution in [0.25, 0.3) is 0 Å². The summed E-state index contributed by atoms with van der Waals surface area (Å²) in [4.78, 5) is 11.3. The van der Waals surface area contributed by atoms with Gasteiger partial charge in [-0.3, -0.25) is 4.79 Å². The van der Waals surface area contributed by atoms with Crippen LogP contribution in [0.5, 0.6) is 0 Å². The summed E-state index contributed by atoms with van der Waals surface area (Å²) >= 11 is 0. The average molecular weight is 234 g/mol. The number of nitrogens with zero attached hydrogens (tertiary/aromatic N) is 4. The molecule has 0 aliphatic heterocycles. The van der Waals surface area contributed by atoms with Gasteiger partial charge in [-0.1, -0.05) is 0 Å². The number of rotatable bonds is 3. The minimum Gasteiger partial charge on any atom is -0.481 e. The van der Waals surface area contributed by atoms with Crippen LogP contribution in [0.3, 0.4) is 0 Å². The Hall–Kier alpha value is -1.60. The van der Waals surface area contributed by atoms with E-state index in [0.717, 1.165) is 4.80 Å². The quantitative estimate of drug-likeness (QED) is 0.843. The first kappa shape index (κ1) is 12.5. The van der Waals surface area contributed by atoms with Gasteiger partial charge in [0, 0.05) is 0 Å². The molecular formula is C8H12F2N4O2. The maximum absolute atomic E-state index is 13.2. The lowest BCUT2D eigenvalue weighted by molar-refractivity contribution is -0.146. The SMILES string of the molecule is CC(C)(C)n1nnc(C(F)(F)CC(=O)O)n1. The molecule has 0 atom stereocenters. The molecule has 0 aromatic carbocycles. The smallest absolute Gasteiger partial charge is 0.320 e. The number of hydrogen-bond acceptors (Lipinski definition) is 4. The van der Waals surface area contributed by atoms with Crippen LogP contribution in [-0.2, 0) is 16.3 Å². The fourth-order valence-electron chi connectivity index (χ4n) is 0.914. The number of aliphatic carboxylic acids is 1. The fourth-order valence-corrected chi connectivity index (χ4v) is 0.914. The van der Waals surface area contributed by atoms with E-state index in [4.69, 9.17) is 5.11 Å². The molecule has 0 spiro atoms. The number of alkyl halides is 2. The van der Waals surface area contributed by atoms with Crippen LogP contribution in [0.1, 0.15) is 33.0 Å². The summed E-state index contributed by atoms with van der Waals surface area (Å²) in [6.45, 7) is 5.15. The van der Waals surface area contributed by atoms with Crippen LogP contribution in [0, 0.1) is 0 Å². The molecule has 6 nitrogen and oxygen atoms in total. The summed E-state index contributed by atoms with van der Waals surface area (Å²) in [7, 11) is 0. The zero-order valence-electron chi connectivity index (χ0n) is 9.11. The first-order valence-corrected chi connectivity index (χ1v) is 4.53. The van der Waals surface area contributed by atoms with Crippen molar-refractivity contribution in [3.05, 3.63) is 5.82 Å². The molecule has 0 bridgehead atoms. The molecule has 0 amide bonds. The van der Waals surface area contributed by atoms with Gasteiger partial charge in [0.05, 0.1) is 5.54 Å². The molecule has 0 radical (unpaired) electrons. The van der Waals surface area contributed by atoms with E-state index in [-0.39, 0.29) is 0 Å². The molecule has 1 aromatic rings. The second-order valence-electron chi connectivity index (χ2n) is 4.35. The van der Waals surface area contributed by atoms with E-state index in [9.17, 15) is 13.6 Å². The minimum absolute atomic E-state index is 0.579. The first-order valence-electron chi connectivity index (χ1n) is 4.53. The number of hydrogen-bond donors (Lipinski definition) is 1. The molecule has 90 valence electrons. The molecule has 0 unspecified atom stereocenters. The third-order valence-electron chi connectivity index (χ3n) is 1.71. The topological polar surface area (TPSA) is 80.9 Å². The number of carbonyl (C=O) groups is 1. The Labute approximate surface area is 90.3 Å². The molecule has 0 saturated heterocycles. The van der Waals surface area contributed by atoms with Crippen molar-refractivity contribution in [3.63, 3.8) is 0 Å². The van der Waals surface area contributed by atoms with Gasteiger partial charge in [0.15, 0.2) is 0 Å². The Kier molecular flexibility index (Phi) is 2.93.